The number of carbonyl (C=O) groups excluding carboxylic acids is 2. The van der Waals surface area contributed by atoms with Gasteiger partial charge in [0.05, 0.1) is 10.5 Å². The Morgan fingerprint density at radius 3 is 2.36 bits per heavy atom. The number of aryl methyl sites for hydroxylation is 1. The summed E-state index contributed by atoms with van der Waals surface area (Å²) in [6.45, 7) is 2.28. The third-order valence-corrected chi connectivity index (χ3v) is 7.66. The quantitative estimate of drug-likeness (QED) is 0.390. The minimum Gasteiger partial charge on any atom is -0.454 e. The van der Waals surface area contributed by atoms with Crippen LogP contribution in [0.1, 0.15) is 44.3 Å². The van der Waals surface area contributed by atoms with Crippen LogP contribution in [0.4, 0.5) is 0 Å². The lowest BCUT2D eigenvalue weighted by molar-refractivity contribution is 0.0474. The Labute approximate surface area is 193 Å². The summed E-state index contributed by atoms with van der Waals surface area (Å²) in [5.41, 5.74) is 3.78. The Morgan fingerprint density at radius 2 is 1.64 bits per heavy atom. The molecule has 1 aliphatic heterocycles. The van der Waals surface area contributed by atoms with Crippen molar-refractivity contribution < 1.29 is 22.7 Å². The molecule has 0 aromatic heterocycles. The van der Waals surface area contributed by atoms with Crippen molar-refractivity contribution in [3.8, 4) is 0 Å². The van der Waals surface area contributed by atoms with Gasteiger partial charge in [0.2, 0.25) is 10.0 Å². The van der Waals surface area contributed by atoms with E-state index in [1.807, 2.05) is 43.3 Å². The van der Waals surface area contributed by atoms with Gasteiger partial charge < -0.3 is 4.74 Å². The second-order valence-electron chi connectivity index (χ2n) is 7.93. The number of esters is 1. The second kappa shape index (κ2) is 9.68. The molecule has 0 atom stereocenters. The van der Waals surface area contributed by atoms with E-state index in [4.69, 9.17) is 4.74 Å². The average molecular weight is 464 g/mol. The summed E-state index contributed by atoms with van der Waals surface area (Å²) in [5.74, 6) is -1.06. The summed E-state index contributed by atoms with van der Waals surface area (Å²) in [6.07, 6.45) is 1.51. The maximum atomic E-state index is 13.2. The Balaban J connectivity index is 1.44. The SMILES string of the molecule is CCc1ccc(C(=O)COC(=O)c2cccc(S(=O)(=O)N3CCc4ccccc4C3)c2)cc1. The summed E-state index contributed by atoms with van der Waals surface area (Å²) in [7, 11) is -3.78. The zero-order chi connectivity index (χ0) is 23.4. The fraction of sp³-hybridized carbons (Fsp3) is 0.231. The van der Waals surface area contributed by atoms with E-state index in [1.165, 1.54) is 28.6 Å². The summed E-state index contributed by atoms with van der Waals surface area (Å²) >= 11 is 0. The molecule has 0 saturated heterocycles. The summed E-state index contributed by atoms with van der Waals surface area (Å²) in [4.78, 5) is 24.9. The highest BCUT2D eigenvalue weighted by molar-refractivity contribution is 7.89. The van der Waals surface area contributed by atoms with Crippen LogP contribution in [0.2, 0.25) is 0 Å². The summed E-state index contributed by atoms with van der Waals surface area (Å²) < 4.78 is 33.0. The smallest absolute Gasteiger partial charge is 0.338 e. The first-order chi connectivity index (χ1) is 15.9. The van der Waals surface area contributed by atoms with Crippen molar-refractivity contribution in [2.24, 2.45) is 0 Å². The van der Waals surface area contributed by atoms with Crippen molar-refractivity contribution in [2.75, 3.05) is 13.2 Å². The van der Waals surface area contributed by atoms with Crippen LogP contribution in [-0.4, -0.2) is 37.6 Å². The summed E-state index contributed by atoms with van der Waals surface area (Å²) in [5, 5.41) is 0. The van der Waals surface area contributed by atoms with Crippen molar-refractivity contribution in [3.63, 3.8) is 0 Å². The zero-order valence-corrected chi connectivity index (χ0v) is 19.2. The van der Waals surface area contributed by atoms with Gasteiger partial charge in [0.1, 0.15) is 0 Å². The van der Waals surface area contributed by atoms with Gasteiger partial charge in [-0.1, -0.05) is 61.5 Å². The van der Waals surface area contributed by atoms with Crippen molar-refractivity contribution in [1.29, 1.82) is 0 Å². The van der Waals surface area contributed by atoms with Gasteiger partial charge in [-0.25, -0.2) is 13.2 Å². The van der Waals surface area contributed by atoms with Crippen molar-refractivity contribution in [3.05, 3.63) is 101 Å². The van der Waals surface area contributed by atoms with E-state index in [1.54, 1.807) is 12.1 Å². The Morgan fingerprint density at radius 1 is 0.909 bits per heavy atom. The third-order valence-electron chi connectivity index (χ3n) is 5.82. The van der Waals surface area contributed by atoms with Crippen LogP contribution >= 0.6 is 0 Å². The highest BCUT2D eigenvalue weighted by Gasteiger charge is 2.28. The molecule has 0 radical (unpaired) electrons. The molecule has 0 fully saturated rings. The standard InChI is InChI=1S/C26H25NO5S/c1-2-19-10-12-21(13-11-19)25(28)18-32-26(29)22-8-5-9-24(16-22)33(30,31)27-15-14-20-6-3-4-7-23(20)17-27/h3-13,16H,2,14-15,17-18H2,1H3. The minimum absolute atomic E-state index is 0.0258. The lowest BCUT2D eigenvalue weighted by Crippen LogP contribution is -2.36. The van der Waals surface area contributed by atoms with E-state index in [-0.39, 0.29) is 16.2 Å². The van der Waals surface area contributed by atoms with Crippen LogP contribution in [0, 0.1) is 0 Å². The molecule has 0 N–H and O–H groups in total. The van der Waals surface area contributed by atoms with Gasteiger partial charge in [-0.2, -0.15) is 4.31 Å². The number of ether oxygens (including phenoxy) is 1. The normalized spacial score (nSPS) is 13.8. The maximum absolute atomic E-state index is 13.2. The molecule has 33 heavy (non-hydrogen) atoms. The second-order valence-corrected chi connectivity index (χ2v) is 9.87. The number of benzene rings is 3. The highest BCUT2D eigenvalue weighted by Crippen LogP contribution is 2.25. The number of nitrogens with zero attached hydrogens (tertiary/aromatic N) is 1. The van der Waals surface area contributed by atoms with Crippen LogP contribution < -0.4 is 0 Å². The predicted octanol–water partition coefficient (Wildman–Crippen LogP) is 4.04. The molecular formula is C26H25NO5S. The first kappa shape index (κ1) is 22.9. The molecule has 0 bridgehead atoms. The van der Waals surface area contributed by atoms with Crippen LogP contribution in [0.5, 0.6) is 0 Å². The van der Waals surface area contributed by atoms with Gasteiger partial charge in [0.15, 0.2) is 12.4 Å². The molecule has 3 aromatic carbocycles. The number of Topliss-reactive ketones (excluding diaryl/α,β-unsaturated/α-hetero) is 1. The Kier molecular flexibility index (Phi) is 6.72. The number of fused-ring (bicyclic) bond motifs is 1. The molecule has 1 heterocycles. The third kappa shape index (κ3) is 5.05. The van der Waals surface area contributed by atoms with E-state index < -0.39 is 22.6 Å². The van der Waals surface area contributed by atoms with Gasteiger partial charge in [0, 0.05) is 18.7 Å². The lowest BCUT2D eigenvalue weighted by Gasteiger charge is -2.28. The lowest BCUT2D eigenvalue weighted by atomic mass is 10.0. The fourth-order valence-corrected chi connectivity index (χ4v) is 5.30. The van der Waals surface area contributed by atoms with Crippen LogP contribution in [0.25, 0.3) is 0 Å². The predicted molar refractivity (Wildman–Crippen MR) is 125 cm³/mol. The zero-order valence-electron chi connectivity index (χ0n) is 18.4. The Bertz CT molecular complexity index is 1280. The van der Waals surface area contributed by atoms with Gasteiger partial charge in [0.25, 0.3) is 0 Å². The van der Waals surface area contributed by atoms with Gasteiger partial charge >= 0.3 is 5.97 Å². The topological polar surface area (TPSA) is 80.8 Å². The van der Waals surface area contributed by atoms with Crippen LogP contribution in [0.3, 0.4) is 0 Å². The monoisotopic (exact) mass is 463 g/mol. The number of hydrogen-bond donors (Lipinski definition) is 0. The summed E-state index contributed by atoms with van der Waals surface area (Å²) in [6, 6.07) is 20.7. The van der Waals surface area contributed by atoms with Crippen molar-refractivity contribution in [2.45, 2.75) is 31.2 Å². The molecule has 0 saturated carbocycles. The van der Waals surface area contributed by atoms with Gasteiger partial charge in [-0.15, -0.1) is 0 Å². The molecule has 0 aliphatic carbocycles. The largest absolute Gasteiger partial charge is 0.454 e. The van der Waals surface area contributed by atoms with Gasteiger partial charge in [-0.05, 0) is 47.7 Å². The first-order valence-electron chi connectivity index (χ1n) is 10.8. The molecular weight excluding hydrogens is 438 g/mol. The highest BCUT2D eigenvalue weighted by atomic mass is 32.2. The first-order valence-corrected chi connectivity index (χ1v) is 12.3. The molecule has 0 spiro atoms. The minimum atomic E-state index is -3.78. The molecule has 4 rings (SSSR count). The molecule has 6 nitrogen and oxygen atoms in total. The molecule has 3 aromatic rings. The van der Waals surface area contributed by atoms with E-state index in [0.717, 1.165) is 23.1 Å². The fourth-order valence-electron chi connectivity index (χ4n) is 3.83. The van der Waals surface area contributed by atoms with Crippen LogP contribution in [-0.2, 0) is 34.1 Å². The van der Waals surface area contributed by atoms with Crippen molar-refractivity contribution >= 4 is 21.8 Å². The van der Waals surface area contributed by atoms with Crippen molar-refractivity contribution in [1.82, 2.24) is 4.31 Å². The molecule has 170 valence electrons. The van der Waals surface area contributed by atoms with E-state index in [2.05, 4.69) is 0 Å². The molecule has 1 aliphatic rings. The molecule has 0 amide bonds. The van der Waals surface area contributed by atoms with E-state index in [0.29, 0.717) is 25.1 Å². The molecule has 7 heteroatoms. The number of sulfonamides is 1. The number of carbonyl (C=O) groups is 2. The van der Waals surface area contributed by atoms with E-state index >= 15 is 0 Å². The van der Waals surface area contributed by atoms with E-state index in [9.17, 15) is 18.0 Å². The molecule has 0 unspecified atom stereocenters. The van der Waals surface area contributed by atoms with Gasteiger partial charge in [-0.3, -0.25) is 4.79 Å². The average Bonchev–Trinajstić information content (AvgIpc) is 2.86. The Hall–Kier alpha value is -3.29. The number of rotatable bonds is 7. The number of hydrogen-bond acceptors (Lipinski definition) is 5. The van der Waals surface area contributed by atoms with Crippen LogP contribution in [0.15, 0.2) is 77.7 Å². The number of ketones is 1. The maximum Gasteiger partial charge on any atom is 0.338 e.